The maximum Gasteiger partial charge on any atom is 0.500 e. The van der Waals surface area contributed by atoms with Crippen LogP contribution >= 0.6 is 0 Å². The number of fused-ring (bicyclic) bond motifs is 1. The summed E-state index contributed by atoms with van der Waals surface area (Å²) < 4.78 is 16.3. The van der Waals surface area contributed by atoms with Crippen molar-refractivity contribution in [2.75, 3.05) is 21.3 Å². The highest BCUT2D eigenvalue weighted by molar-refractivity contribution is 6.60. The first kappa shape index (κ1) is 19.1. The van der Waals surface area contributed by atoms with Crippen LogP contribution in [-0.2, 0) is 19.7 Å². The van der Waals surface area contributed by atoms with Crippen molar-refractivity contribution in [2.24, 2.45) is 0 Å². The second kappa shape index (κ2) is 9.89. The first-order valence-corrected chi connectivity index (χ1v) is 10.7. The average molecular weight is 348 g/mol. The van der Waals surface area contributed by atoms with Crippen molar-refractivity contribution in [3.05, 3.63) is 42.1 Å². The smallest absolute Gasteiger partial charge is 0.377 e. The predicted octanol–water partition coefficient (Wildman–Crippen LogP) is 4.61. The number of nitrogens with zero attached hydrogens (tertiary/aromatic N) is 1. The van der Waals surface area contributed by atoms with Gasteiger partial charge in [-0.2, -0.15) is 0 Å². The Kier molecular flexibility index (Phi) is 7.85. The van der Waals surface area contributed by atoms with E-state index in [-0.39, 0.29) is 0 Å². The van der Waals surface area contributed by atoms with Gasteiger partial charge in [-0.05, 0) is 37.0 Å². The lowest BCUT2D eigenvalue weighted by atomic mass is 10.0. The Balaban J connectivity index is 1.64. The number of rotatable bonds is 11. The number of hydrogen-bond acceptors (Lipinski definition) is 4. The second-order valence-corrected chi connectivity index (χ2v) is 9.18. The van der Waals surface area contributed by atoms with E-state index in [2.05, 4.69) is 29.2 Å². The molecule has 0 N–H and O–H groups in total. The Morgan fingerprint density at radius 2 is 1.58 bits per heavy atom. The van der Waals surface area contributed by atoms with Crippen LogP contribution in [0, 0.1) is 0 Å². The van der Waals surface area contributed by atoms with Gasteiger partial charge in [0.15, 0.2) is 0 Å². The molecule has 0 radical (unpaired) electrons. The molecular weight excluding hydrogens is 318 g/mol. The summed E-state index contributed by atoms with van der Waals surface area (Å²) >= 11 is 0. The highest BCUT2D eigenvalue weighted by Crippen LogP contribution is 2.19. The van der Waals surface area contributed by atoms with Crippen molar-refractivity contribution in [2.45, 2.75) is 44.6 Å². The van der Waals surface area contributed by atoms with Gasteiger partial charge < -0.3 is 13.3 Å². The van der Waals surface area contributed by atoms with E-state index in [4.69, 9.17) is 13.3 Å². The van der Waals surface area contributed by atoms with Gasteiger partial charge in [0.05, 0.1) is 5.52 Å². The van der Waals surface area contributed by atoms with E-state index >= 15 is 0 Å². The minimum atomic E-state index is -2.37. The molecule has 1 aromatic heterocycles. The predicted molar refractivity (Wildman–Crippen MR) is 100 cm³/mol. The van der Waals surface area contributed by atoms with Gasteiger partial charge in [-0.3, -0.25) is 4.98 Å². The molecule has 0 saturated heterocycles. The van der Waals surface area contributed by atoms with E-state index in [1.807, 2.05) is 12.3 Å². The Morgan fingerprint density at radius 1 is 0.875 bits per heavy atom. The highest BCUT2D eigenvalue weighted by Gasteiger charge is 2.36. The largest absolute Gasteiger partial charge is 0.500 e. The van der Waals surface area contributed by atoms with Crippen molar-refractivity contribution < 1.29 is 13.3 Å². The maximum atomic E-state index is 5.45. The topological polar surface area (TPSA) is 40.6 Å². The van der Waals surface area contributed by atoms with Crippen molar-refractivity contribution in [3.8, 4) is 0 Å². The first-order chi connectivity index (χ1) is 11.7. The molecule has 0 unspecified atom stereocenters. The molecule has 2 aromatic rings. The van der Waals surface area contributed by atoms with Crippen molar-refractivity contribution in [1.82, 2.24) is 4.98 Å². The fraction of sp³-hybridized carbons (Fsp3) is 0.526. The van der Waals surface area contributed by atoms with E-state index in [0.717, 1.165) is 24.4 Å². The molecule has 1 heterocycles. The molecule has 0 fully saturated rings. The average Bonchev–Trinajstić information content (AvgIpc) is 2.64. The molecule has 0 aliphatic rings. The van der Waals surface area contributed by atoms with Crippen LogP contribution in [-0.4, -0.2) is 35.1 Å². The number of benzene rings is 1. The van der Waals surface area contributed by atoms with Crippen LogP contribution in [0.1, 0.15) is 37.7 Å². The van der Waals surface area contributed by atoms with Crippen molar-refractivity contribution in [3.63, 3.8) is 0 Å². The standard InChI is InChI=1S/C19H29NO3Si/c1-21-24(22-2,23-3)15-8-6-4-5-7-10-17-12-13-18-11-9-14-20-19(18)16-17/h9,11-14,16H,4-8,10,15H2,1-3H3. The van der Waals surface area contributed by atoms with E-state index in [0.29, 0.717) is 0 Å². The molecule has 0 saturated carbocycles. The lowest BCUT2D eigenvalue weighted by molar-refractivity contribution is 0.122. The Bertz CT molecular complexity index is 608. The summed E-state index contributed by atoms with van der Waals surface area (Å²) in [5.74, 6) is 0. The zero-order chi connectivity index (χ0) is 17.3. The number of aryl methyl sites for hydroxylation is 1. The summed E-state index contributed by atoms with van der Waals surface area (Å²) in [7, 11) is 2.66. The summed E-state index contributed by atoms with van der Waals surface area (Å²) in [5.41, 5.74) is 2.47. The molecule has 0 amide bonds. The van der Waals surface area contributed by atoms with Crippen LogP contribution in [0.25, 0.3) is 10.9 Å². The van der Waals surface area contributed by atoms with E-state index in [9.17, 15) is 0 Å². The minimum absolute atomic E-state index is 0.896. The molecule has 0 atom stereocenters. The van der Waals surface area contributed by atoms with Crippen LogP contribution in [0.15, 0.2) is 36.5 Å². The number of unbranched alkanes of at least 4 members (excludes halogenated alkanes) is 4. The second-order valence-electron chi connectivity index (χ2n) is 6.09. The van der Waals surface area contributed by atoms with Crippen molar-refractivity contribution in [1.29, 1.82) is 0 Å². The normalized spacial score (nSPS) is 12.0. The molecule has 0 aliphatic carbocycles. The molecule has 0 aliphatic heterocycles. The van der Waals surface area contributed by atoms with Gasteiger partial charge in [0.2, 0.25) is 0 Å². The highest BCUT2D eigenvalue weighted by atomic mass is 28.4. The fourth-order valence-electron chi connectivity index (χ4n) is 3.02. The van der Waals surface area contributed by atoms with Gasteiger partial charge in [0, 0.05) is 39.0 Å². The summed E-state index contributed by atoms with van der Waals surface area (Å²) in [6.07, 6.45) is 9.00. The summed E-state index contributed by atoms with van der Waals surface area (Å²) in [4.78, 5) is 4.43. The summed E-state index contributed by atoms with van der Waals surface area (Å²) in [6, 6.07) is 11.6. The number of pyridine rings is 1. The van der Waals surface area contributed by atoms with Gasteiger partial charge in [-0.15, -0.1) is 0 Å². The maximum absolute atomic E-state index is 5.45. The monoisotopic (exact) mass is 347 g/mol. The Hall–Kier alpha value is -1.27. The number of hydrogen-bond donors (Lipinski definition) is 0. The Morgan fingerprint density at radius 3 is 2.33 bits per heavy atom. The fourth-order valence-corrected chi connectivity index (χ4v) is 4.82. The quantitative estimate of drug-likeness (QED) is 0.440. The van der Waals surface area contributed by atoms with E-state index in [1.54, 1.807) is 21.3 Å². The van der Waals surface area contributed by atoms with Crippen molar-refractivity contribution >= 4 is 19.7 Å². The summed E-state index contributed by atoms with van der Waals surface area (Å²) in [5, 5.41) is 1.21. The lowest BCUT2D eigenvalue weighted by Crippen LogP contribution is -2.42. The molecule has 24 heavy (non-hydrogen) atoms. The minimum Gasteiger partial charge on any atom is -0.377 e. The van der Waals surface area contributed by atoms with Gasteiger partial charge in [0.25, 0.3) is 0 Å². The van der Waals surface area contributed by atoms with Crippen LogP contribution in [0.4, 0.5) is 0 Å². The van der Waals surface area contributed by atoms with E-state index in [1.165, 1.54) is 36.6 Å². The lowest BCUT2D eigenvalue weighted by Gasteiger charge is -2.24. The van der Waals surface area contributed by atoms with Crippen LogP contribution < -0.4 is 0 Å². The van der Waals surface area contributed by atoms with Gasteiger partial charge in [-0.25, -0.2) is 0 Å². The summed E-state index contributed by atoms with van der Waals surface area (Å²) in [6.45, 7) is 0. The van der Waals surface area contributed by atoms with Crippen LogP contribution in [0.2, 0.25) is 6.04 Å². The van der Waals surface area contributed by atoms with Gasteiger partial charge >= 0.3 is 8.80 Å². The number of aromatic nitrogens is 1. The molecular formula is C19H29NO3Si. The van der Waals surface area contributed by atoms with Crippen LogP contribution in [0.5, 0.6) is 0 Å². The molecule has 4 nitrogen and oxygen atoms in total. The van der Waals surface area contributed by atoms with Crippen LogP contribution in [0.3, 0.4) is 0 Å². The zero-order valence-electron chi connectivity index (χ0n) is 15.1. The molecule has 5 heteroatoms. The molecule has 132 valence electrons. The third kappa shape index (κ3) is 5.38. The molecule has 1 aromatic carbocycles. The third-order valence-electron chi connectivity index (χ3n) is 4.55. The SMILES string of the molecule is CO[Si](CCCCCCCc1ccc2cccnc2c1)(OC)OC. The van der Waals surface area contributed by atoms with E-state index < -0.39 is 8.80 Å². The molecule has 0 spiro atoms. The molecule has 0 bridgehead atoms. The zero-order valence-corrected chi connectivity index (χ0v) is 16.1. The molecule has 2 rings (SSSR count). The third-order valence-corrected chi connectivity index (χ3v) is 7.38. The Labute approximate surface area is 146 Å². The van der Waals surface area contributed by atoms with Gasteiger partial charge in [-0.1, -0.05) is 37.5 Å². The van der Waals surface area contributed by atoms with Gasteiger partial charge in [0.1, 0.15) is 0 Å². The first-order valence-electron chi connectivity index (χ1n) is 8.72.